The predicted octanol–water partition coefficient (Wildman–Crippen LogP) is 2.50. The van der Waals surface area contributed by atoms with Crippen molar-refractivity contribution in [2.45, 2.75) is 71.4 Å². The van der Waals surface area contributed by atoms with E-state index in [0.29, 0.717) is 30.2 Å². The number of carbonyl (C=O) groups excluding carboxylic acids is 1. The van der Waals surface area contributed by atoms with E-state index in [0.717, 1.165) is 25.8 Å². The number of hydrogen-bond acceptors (Lipinski definition) is 3. The smallest absolute Gasteiger partial charge is 0.317 e. The minimum Gasteiger partial charge on any atom is -0.480 e. The van der Waals surface area contributed by atoms with Crippen LogP contribution < -0.4 is 5.32 Å². The van der Waals surface area contributed by atoms with E-state index in [1.165, 1.54) is 12.8 Å². The van der Waals surface area contributed by atoms with Crippen molar-refractivity contribution < 1.29 is 14.7 Å². The van der Waals surface area contributed by atoms with Crippen LogP contribution in [0.25, 0.3) is 0 Å². The summed E-state index contributed by atoms with van der Waals surface area (Å²) in [6.45, 7) is 7.51. The lowest BCUT2D eigenvalue weighted by Gasteiger charge is -2.43. The van der Waals surface area contributed by atoms with Crippen LogP contribution in [0.5, 0.6) is 0 Å². The Hall–Kier alpha value is -1.10. The molecule has 2 rings (SSSR count). The van der Waals surface area contributed by atoms with Crippen LogP contribution in [0.4, 0.5) is 0 Å². The van der Waals surface area contributed by atoms with E-state index in [2.05, 4.69) is 31.0 Å². The Kier molecular flexibility index (Phi) is 6.45. The molecule has 5 nitrogen and oxygen atoms in total. The van der Waals surface area contributed by atoms with E-state index in [-0.39, 0.29) is 18.5 Å². The molecule has 0 heterocycles. The van der Waals surface area contributed by atoms with Crippen molar-refractivity contribution in [1.29, 1.82) is 0 Å². The van der Waals surface area contributed by atoms with Gasteiger partial charge in [0.05, 0.1) is 6.54 Å². The zero-order chi connectivity index (χ0) is 17.0. The number of amides is 1. The molecule has 0 aliphatic heterocycles. The molecule has 1 unspecified atom stereocenters. The van der Waals surface area contributed by atoms with Gasteiger partial charge in [-0.2, -0.15) is 0 Å². The van der Waals surface area contributed by atoms with Gasteiger partial charge in [0.1, 0.15) is 0 Å². The Morgan fingerprint density at radius 1 is 1.26 bits per heavy atom. The van der Waals surface area contributed by atoms with Crippen LogP contribution in [-0.4, -0.2) is 47.1 Å². The second-order valence-electron chi connectivity index (χ2n) is 7.77. The number of rotatable bonds is 10. The minimum atomic E-state index is -0.749. The van der Waals surface area contributed by atoms with Crippen LogP contribution in [0.1, 0.15) is 59.3 Å². The topological polar surface area (TPSA) is 69.6 Å². The quantitative estimate of drug-likeness (QED) is 0.648. The molecule has 1 atom stereocenters. The van der Waals surface area contributed by atoms with Crippen LogP contribution in [0.2, 0.25) is 0 Å². The lowest BCUT2D eigenvalue weighted by molar-refractivity contribution is -0.140. The molecule has 0 radical (unpaired) electrons. The first-order valence-electron chi connectivity index (χ1n) is 9.14. The number of carboxylic acid groups (broad SMARTS) is 1. The highest BCUT2D eigenvalue weighted by atomic mass is 16.4. The predicted molar refractivity (Wildman–Crippen MR) is 90.1 cm³/mol. The fourth-order valence-corrected chi connectivity index (χ4v) is 3.53. The summed E-state index contributed by atoms with van der Waals surface area (Å²) >= 11 is 0. The standard InChI is InChI=1S/C18H32N2O3/c1-4-14(12(2)3)7-17(21)19-15-8-16(9-15)20(11-18(22)23)10-13-5-6-13/h12-16H,4-11H2,1-3H3,(H,19,21)(H,22,23). The van der Waals surface area contributed by atoms with Crippen molar-refractivity contribution >= 4 is 11.9 Å². The molecule has 0 aromatic rings. The van der Waals surface area contributed by atoms with E-state index in [1.54, 1.807) is 0 Å². The fraction of sp³-hybridized carbons (Fsp3) is 0.889. The number of carboxylic acids is 1. The molecule has 23 heavy (non-hydrogen) atoms. The number of hydrogen-bond donors (Lipinski definition) is 2. The third-order valence-electron chi connectivity index (χ3n) is 5.44. The summed E-state index contributed by atoms with van der Waals surface area (Å²) in [5, 5.41) is 12.2. The number of nitrogens with one attached hydrogen (secondary N) is 1. The third kappa shape index (κ3) is 5.79. The summed E-state index contributed by atoms with van der Waals surface area (Å²) < 4.78 is 0. The molecule has 0 aromatic carbocycles. The first kappa shape index (κ1) is 18.2. The molecular formula is C18H32N2O3. The maximum absolute atomic E-state index is 12.1. The third-order valence-corrected chi connectivity index (χ3v) is 5.44. The average Bonchev–Trinajstić information content (AvgIpc) is 3.22. The summed E-state index contributed by atoms with van der Waals surface area (Å²) in [5.74, 6) is 1.08. The summed E-state index contributed by atoms with van der Waals surface area (Å²) in [6.07, 6.45) is 5.89. The van der Waals surface area contributed by atoms with Crippen molar-refractivity contribution in [2.24, 2.45) is 17.8 Å². The van der Waals surface area contributed by atoms with Gasteiger partial charge in [-0.15, -0.1) is 0 Å². The second kappa shape index (κ2) is 8.13. The highest BCUT2D eigenvalue weighted by Crippen LogP contribution is 2.33. The molecule has 2 fully saturated rings. The number of aliphatic carboxylic acids is 1. The van der Waals surface area contributed by atoms with E-state index < -0.39 is 5.97 Å². The highest BCUT2D eigenvalue weighted by molar-refractivity contribution is 5.76. The highest BCUT2D eigenvalue weighted by Gasteiger charge is 2.37. The number of nitrogens with zero attached hydrogens (tertiary/aromatic N) is 1. The summed E-state index contributed by atoms with van der Waals surface area (Å²) in [5.41, 5.74) is 0. The molecule has 2 N–H and O–H groups in total. The van der Waals surface area contributed by atoms with Crippen LogP contribution in [0.3, 0.4) is 0 Å². The molecule has 0 spiro atoms. The van der Waals surface area contributed by atoms with Gasteiger partial charge in [0.2, 0.25) is 5.91 Å². The largest absolute Gasteiger partial charge is 0.480 e. The lowest BCUT2D eigenvalue weighted by Crippen LogP contribution is -2.55. The molecule has 0 saturated heterocycles. The van der Waals surface area contributed by atoms with Gasteiger partial charge >= 0.3 is 5.97 Å². The maximum atomic E-state index is 12.1. The van der Waals surface area contributed by atoms with Gasteiger partial charge in [-0.1, -0.05) is 27.2 Å². The van der Waals surface area contributed by atoms with Crippen molar-refractivity contribution in [3.8, 4) is 0 Å². The number of carbonyl (C=O) groups is 2. The van der Waals surface area contributed by atoms with Gasteiger partial charge in [0.25, 0.3) is 0 Å². The Labute approximate surface area is 139 Å². The Bertz CT molecular complexity index is 414. The lowest BCUT2D eigenvalue weighted by atomic mass is 9.84. The first-order valence-corrected chi connectivity index (χ1v) is 9.14. The van der Waals surface area contributed by atoms with E-state index in [1.807, 2.05) is 0 Å². The van der Waals surface area contributed by atoms with Gasteiger partial charge in [-0.05, 0) is 43.4 Å². The SMILES string of the molecule is CCC(CC(=O)NC1CC(N(CC(=O)O)CC2CC2)C1)C(C)C. The maximum Gasteiger partial charge on any atom is 0.317 e. The first-order chi connectivity index (χ1) is 10.9. The second-order valence-corrected chi connectivity index (χ2v) is 7.77. The molecule has 5 heteroatoms. The van der Waals surface area contributed by atoms with Crippen LogP contribution in [0.15, 0.2) is 0 Å². The normalized spacial score (nSPS) is 25.3. The van der Waals surface area contributed by atoms with E-state index in [9.17, 15) is 9.59 Å². The van der Waals surface area contributed by atoms with Crippen molar-refractivity contribution in [2.75, 3.05) is 13.1 Å². The summed E-state index contributed by atoms with van der Waals surface area (Å²) in [7, 11) is 0. The van der Waals surface area contributed by atoms with Gasteiger partial charge in [-0.25, -0.2) is 0 Å². The molecule has 2 saturated carbocycles. The summed E-state index contributed by atoms with van der Waals surface area (Å²) in [6, 6.07) is 0.553. The Balaban J connectivity index is 1.71. The van der Waals surface area contributed by atoms with Gasteiger partial charge < -0.3 is 10.4 Å². The summed E-state index contributed by atoms with van der Waals surface area (Å²) in [4.78, 5) is 25.3. The van der Waals surface area contributed by atoms with E-state index >= 15 is 0 Å². The van der Waals surface area contributed by atoms with Crippen molar-refractivity contribution in [3.05, 3.63) is 0 Å². The zero-order valence-electron chi connectivity index (χ0n) is 14.8. The zero-order valence-corrected chi connectivity index (χ0v) is 14.8. The van der Waals surface area contributed by atoms with Gasteiger partial charge in [0, 0.05) is 25.0 Å². The van der Waals surface area contributed by atoms with Gasteiger partial charge in [0.15, 0.2) is 0 Å². The molecule has 2 aliphatic carbocycles. The van der Waals surface area contributed by atoms with Gasteiger partial charge in [-0.3, -0.25) is 14.5 Å². The fourth-order valence-electron chi connectivity index (χ4n) is 3.53. The minimum absolute atomic E-state index is 0.132. The molecule has 132 valence electrons. The van der Waals surface area contributed by atoms with E-state index in [4.69, 9.17) is 5.11 Å². The molecule has 0 aromatic heterocycles. The average molecular weight is 324 g/mol. The van der Waals surface area contributed by atoms with Crippen LogP contribution >= 0.6 is 0 Å². The van der Waals surface area contributed by atoms with Crippen LogP contribution in [0, 0.1) is 17.8 Å². The Morgan fingerprint density at radius 3 is 2.39 bits per heavy atom. The molecular weight excluding hydrogens is 292 g/mol. The van der Waals surface area contributed by atoms with Crippen LogP contribution in [-0.2, 0) is 9.59 Å². The monoisotopic (exact) mass is 324 g/mol. The Morgan fingerprint density at radius 2 is 1.91 bits per heavy atom. The van der Waals surface area contributed by atoms with Crippen molar-refractivity contribution in [3.63, 3.8) is 0 Å². The molecule has 0 bridgehead atoms. The molecule has 2 aliphatic rings. The molecule has 1 amide bonds. The van der Waals surface area contributed by atoms with Crippen molar-refractivity contribution in [1.82, 2.24) is 10.2 Å².